The molecule has 2 atom stereocenters. The summed E-state index contributed by atoms with van der Waals surface area (Å²) in [6.07, 6.45) is -9.41. The van der Waals surface area contributed by atoms with Crippen LogP contribution in [0.2, 0.25) is 0 Å². The molecule has 2 heterocycles. The van der Waals surface area contributed by atoms with E-state index in [-0.39, 0.29) is 17.7 Å². The van der Waals surface area contributed by atoms with E-state index in [9.17, 15) is 45.4 Å². The minimum absolute atomic E-state index is 0.0509. The van der Waals surface area contributed by atoms with E-state index in [2.05, 4.69) is 4.90 Å². The van der Waals surface area contributed by atoms with Crippen molar-refractivity contribution in [2.75, 3.05) is 33.2 Å². The second-order valence-electron chi connectivity index (χ2n) is 11.1. The van der Waals surface area contributed by atoms with Gasteiger partial charge >= 0.3 is 18.4 Å². The first kappa shape index (κ1) is 31.6. The molecule has 0 bridgehead atoms. The molecular weight excluding hydrogens is 571 g/mol. The maximum Gasteiger partial charge on any atom is 0.416 e. The summed E-state index contributed by atoms with van der Waals surface area (Å²) in [6.45, 7) is 2.91. The average molecular weight is 604 g/mol. The number of likely N-dealkylation sites (tertiary alicyclic amines) is 2. The third-order valence-electron chi connectivity index (χ3n) is 8.29. The number of aryl methyl sites for hydroxylation is 1. The van der Waals surface area contributed by atoms with Gasteiger partial charge in [-0.25, -0.2) is 9.18 Å². The number of carbonyl (C=O) groups excluding carboxylic acids is 1. The summed E-state index contributed by atoms with van der Waals surface area (Å²) in [5.74, 6) is -1.95. The van der Waals surface area contributed by atoms with Gasteiger partial charge in [-0.2, -0.15) is 26.3 Å². The summed E-state index contributed by atoms with van der Waals surface area (Å²) in [6, 6.07) is 5.61. The average Bonchev–Trinajstić information content (AvgIpc) is 2.91. The van der Waals surface area contributed by atoms with Crippen molar-refractivity contribution in [1.82, 2.24) is 14.7 Å². The van der Waals surface area contributed by atoms with Crippen LogP contribution in [0.15, 0.2) is 36.4 Å². The fourth-order valence-corrected chi connectivity index (χ4v) is 6.14. The first-order valence-corrected chi connectivity index (χ1v) is 13.6. The molecule has 0 aliphatic carbocycles. The summed E-state index contributed by atoms with van der Waals surface area (Å²) in [4.78, 5) is 29.7. The van der Waals surface area contributed by atoms with E-state index in [1.807, 2.05) is 0 Å². The van der Waals surface area contributed by atoms with Gasteiger partial charge in [-0.1, -0.05) is 6.07 Å². The van der Waals surface area contributed by atoms with Crippen LogP contribution in [0.1, 0.15) is 53.0 Å². The Labute approximate surface area is 238 Å². The van der Waals surface area contributed by atoms with Crippen LogP contribution in [0.3, 0.4) is 0 Å². The van der Waals surface area contributed by atoms with E-state index >= 15 is 0 Å². The first-order chi connectivity index (χ1) is 19.5. The molecule has 2 unspecified atom stereocenters. The summed E-state index contributed by atoms with van der Waals surface area (Å²) < 4.78 is 94.2. The normalized spacial score (nSPS) is 20.9. The highest BCUT2D eigenvalue weighted by Gasteiger charge is 2.41. The number of alkyl halides is 6. The molecule has 6 nitrogen and oxygen atoms in total. The largest absolute Gasteiger partial charge is 0.465 e. The fraction of sp³-hybridized carbons (Fsp3) is 0.517. The van der Waals surface area contributed by atoms with Crippen LogP contribution in [0.4, 0.5) is 35.5 Å². The zero-order valence-corrected chi connectivity index (χ0v) is 23.1. The van der Waals surface area contributed by atoms with Gasteiger partial charge in [-0.15, -0.1) is 0 Å². The smallest absolute Gasteiger partial charge is 0.416 e. The van der Waals surface area contributed by atoms with E-state index < -0.39 is 59.7 Å². The molecule has 42 heavy (non-hydrogen) atoms. The summed E-state index contributed by atoms with van der Waals surface area (Å²) in [7, 11) is 1.35. The Hall–Kier alpha value is -3.35. The van der Waals surface area contributed by atoms with E-state index in [4.69, 9.17) is 0 Å². The fourth-order valence-electron chi connectivity index (χ4n) is 6.14. The molecule has 2 aliphatic rings. The summed E-state index contributed by atoms with van der Waals surface area (Å²) in [5, 5.41) is 9.27. The monoisotopic (exact) mass is 603 g/mol. The number of halogens is 7. The highest BCUT2D eigenvalue weighted by molar-refractivity contribution is 5.80. The molecular formula is C29H32F7N3O3. The van der Waals surface area contributed by atoms with Crippen molar-refractivity contribution in [1.29, 1.82) is 0 Å². The molecule has 0 spiro atoms. The standard InChI is InChI=1S/C29H32F7N3O3/c1-17-11-21(30)3-4-23(17)25-16-39(22-5-8-38(9-6-22)27(41)42)10-7-24(25)26(40)37(2)15-18-12-19(28(31,32)33)14-20(13-18)29(34,35)36/h3-4,11-14,22,24-25H,5-10,15-16H2,1-2H3,(H,41,42). The Morgan fingerprint density at radius 3 is 2.05 bits per heavy atom. The van der Waals surface area contributed by atoms with E-state index in [1.165, 1.54) is 24.1 Å². The quantitative estimate of drug-likeness (QED) is 0.403. The van der Waals surface area contributed by atoms with Gasteiger partial charge in [0, 0.05) is 51.1 Å². The van der Waals surface area contributed by atoms with Crippen molar-refractivity contribution < 1.29 is 45.4 Å². The highest BCUT2D eigenvalue weighted by Crippen LogP contribution is 2.39. The molecule has 4 rings (SSSR count). The number of amides is 2. The van der Waals surface area contributed by atoms with Gasteiger partial charge in [-0.3, -0.25) is 9.69 Å². The van der Waals surface area contributed by atoms with Crippen LogP contribution >= 0.6 is 0 Å². The number of carboxylic acid groups (broad SMARTS) is 1. The Morgan fingerprint density at radius 2 is 1.52 bits per heavy atom. The predicted octanol–water partition coefficient (Wildman–Crippen LogP) is 6.38. The van der Waals surface area contributed by atoms with Crippen LogP contribution in [0, 0.1) is 18.7 Å². The highest BCUT2D eigenvalue weighted by atomic mass is 19.4. The molecule has 2 aromatic rings. The molecule has 0 saturated carbocycles. The molecule has 2 amide bonds. The molecule has 230 valence electrons. The number of carbonyl (C=O) groups is 2. The van der Waals surface area contributed by atoms with Crippen LogP contribution in [0.25, 0.3) is 0 Å². The Morgan fingerprint density at radius 1 is 0.929 bits per heavy atom. The lowest BCUT2D eigenvalue weighted by atomic mass is 9.77. The van der Waals surface area contributed by atoms with Gasteiger partial charge in [0.1, 0.15) is 5.82 Å². The molecule has 1 N–H and O–H groups in total. The van der Waals surface area contributed by atoms with Crippen molar-refractivity contribution in [2.24, 2.45) is 5.92 Å². The predicted molar refractivity (Wildman–Crippen MR) is 139 cm³/mol. The van der Waals surface area contributed by atoms with Gasteiger partial charge in [0.05, 0.1) is 11.1 Å². The second kappa shape index (κ2) is 12.1. The minimum atomic E-state index is -5.00. The summed E-state index contributed by atoms with van der Waals surface area (Å²) in [5.41, 5.74) is -1.85. The minimum Gasteiger partial charge on any atom is -0.465 e. The number of nitrogens with zero attached hydrogens (tertiary/aromatic N) is 3. The number of benzene rings is 2. The number of hydrogen-bond donors (Lipinski definition) is 1. The van der Waals surface area contributed by atoms with E-state index in [0.717, 1.165) is 10.5 Å². The molecule has 0 aromatic heterocycles. The lowest BCUT2D eigenvalue weighted by Gasteiger charge is -2.45. The molecule has 0 radical (unpaired) electrons. The molecule has 13 heteroatoms. The van der Waals surface area contributed by atoms with Crippen molar-refractivity contribution in [3.8, 4) is 0 Å². The van der Waals surface area contributed by atoms with Crippen LogP contribution in [0.5, 0.6) is 0 Å². The molecule has 2 fully saturated rings. The lowest BCUT2D eigenvalue weighted by molar-refractivity contribution is -0.143. The van der Waals surface area contributed by atoms with Gasteiger partial charge in [0.25, 0.3) is 0 Å². The number of piperidine rings is 2. The first-order valence-electron chi connectivity index (χ1n) is 13.6. The van der Waals surface area contributed by atoms with Crippen LogP contribution in [-0.2, 0) is 23.7 Å². The Kier molecular flexibility index (Phi) is 9.10. The van der Waals surface area contributed by atoms with Crippen LogP contribution < -0.4 is 0 Å². The maximum atomic E-state index is 13.9. The topological polar surface area (TPSA) is 64.1 Å². The van der Waals surface area contributed by atoms with Crippen LogP contribution in [-0.4, -0.2) is 71.1 Å². The number of hydrogen-bond acceptors (Lipinski definition) is 3. The van der Waals surface area contributed by atoms with Gasteiger partial charge < -0.3 is 14.9 Å². The van der Waals surface area contributed by atoms with E-state index in [1.54, 1.807) is 13.0 Å². The van der Waals surface area contributed by atoms with Crippen molar-refractivity contribution in [3.05, 3.63) is 70.0 Å². The van der Waals surface area contributed by atoms with Gasteiger partial charge in [0.15, 0.2) is 0 Å². The summed E-state index contributed by atoms with van der Waals surface area (Å²) >= 11 is 0. The molecule has 2 aromatic carbocycles. The van der Waals surface area contributed by atoms with Crippen molar-refractivity contribution in [3.63, 3.8) is 0 Å². The third kappa shape index (κ3) is 7.16. The third-order valence-corrected chi connectivity index (χ3v) is 8.29. The number of rotatable bonds is 5. The van der Waals surface area contributed by atoms with Crippen molar-refractivity contribution >= 4 is 12.0 Å². The van der Waals surface area contributed by atoms with Gasteiger partial charge in [-0.05, 0) is 79.8 Å². The zero-order chi connectivity index (χ0) is 31.0. The zero-order valence-electron chi connectivity index (χ0n) is 23.1. The van der Waals surface area contributed by atoms with E-state index in [0.29, 0.717) is 63.1 Å². The Bertz CT molecular complexity index is 1270. The van der Waals surface area contributed by atoms with Gasteiger partial charge in [0.2, 0.25) is 5.91 Å². The SMILES string of the molecule is Cc1cc(F)ccc1C1CN(C2CCN(C(=O)O)CC2)CCC1C(=O)N(C)Cc1cc(C(F)(F)F)cc(C(F)(F)F)c1. The van der Waals surface area contributed by atoms with Crippen molar-refractivity contribution in [2.45, 2.75) is 57.0 Å². The molecule has 2 aliphatic heterocycles. The second-order valence-corrected chi connectivity index (χ2v) is 11.1. The molecule has 2 saturated heterocycles. The Balaban J connectivity index is 1.58. The maximum absolute atomic E-state index is 13.9. The lowest BCUT2D eigenvalue weighted by Crippen LogP contribution is -2.52.